The number of aromatic nitrogens is 2. The Bertz CT molecular complexity index is 728. The molecule has 7 heteroatoms. The molecule has 2 aromatic rings. The van der Waals surface area contributed by atoms with Gasteiger partial charge in [-0.15, -0.1) is 0 Å². The minimum atomic E-state index is -0.320. The third kappa shape index (κ3) is 3.61. The van der Waals surface area contributed by atoms with Gasteiger partial charge < -0.3 is 14.3 Å². The molecular weight excluding hydrogens is 308 g/mol. The summed E-state index contributed by atoms with van der Waals surface area (Å²) >= 11 is 0. The van der Waals surface area contributed by atoms with Crippen LogP contribution < -0.4 is 0 Å². The molecule has 0 aliphatic carbocycles. The van der Waals surface area contributed by atoms with Crippen molar-refractivity contribution < 1.29 is 14.1 Å². The van der Waals surface area contributed by atoms with Crippen LogP contribution in [0.1, 0.15) is 23.6 Å². The number of carbonyl (C=O) groups is 2. The Morgan fingerprint density at radius 3 is 2.92 bits per heavy atom. The number of nitrogens with zero attached hydrogens (tertiary/aromatic N) is 4. The SMILES string of the molecule is Cc1cc(CN(C)C(=O)C2CC(=O)N(Cc3ccccn3)C2)no1. The molecule has 0 N–H and O–H groups in total. The zero-order valence-electron chi connectivity index (χ0n) is 13.8. The molecule has 24 heavy (non-hydrogen) atoms. The Balaban J connectivity index is 1.59. The molecule has 3 heterocycles. The van der Waals surface area contributed by atoms with Crippen LogP contribution in [-0.2, 0) is 22.7 Å². The Morgan fingerprint density at radius 1 is 1.42 bits per heavy atom. The van der Waals surface area contributed by atoms with Crippen molar-refractivity contribution in [1.82, 2.24) is 19.9 Å². The van der Waals surface area contributed by atoms with E-state index in [0.717, 1.165) is 5.69 Å². The summed E-state index contributed by atoms with van der Waals surface area (Å²) < 4.78 is 5.01. The molecule has 1 atom stereocenters. The van der Waals surface area contributed by atoms with Crippen LogP contribution in [0.5, 0.6) is 0 Å². The summed E-state index contributed by atoms with van der Waals surface area (Å²) in [5.41, 5.74) is 1.53. The van der Waals surface area contributed by atoms with Gasteiger partial charge in [-0.1, -0.05) is 11.2 Å². The molecule has 1 aliphatic rings. The third-order valence-electron chi connectivity index (χ3n) is 4.09. The van der Waals surface area contributed by atoms with Gasteiger partial charge in [0.05, 0.1) is 24.7 Å². The van der Waals surface area contributed by atoms with E-state index in [4.69, 9.17) is 4.52 Å². The second-order valence-corrected chi connectivity index (χ2v) is 6.12. The lowest BCUT2D eigenvalue weighted by Crippen LogP contribution is -2.34. The lowest BCUT2D eigenvalue weighted by atomic mass is 10.1. The van der Waals surface area contributed by atoms with E-state index in [1.165, 1.54) is 0 Å². The smallest absolute Gasteiger partial charge is 0.228 e. The summed E-state index contributed by atoms with van der Waals surface area (Å²) in [7, 11) is 1.72. The van der Waals surface area contributed by atoms with E-state index < -0.39 is 0 Å². The van der Waals surface area contributed by atoms with Gasteiger partial charge in [-0.25, -0.2) is 0 Å². The second-order valence-electron chi connectivity index (χ2n) is 6.12. The normalized spacial score (nSPS) is 17.3. The summed E-state index contributed by atoms with van der Waals surface area (Å²) in [6.07, 6.45) is 1.94. The van der Waals surface area contributed by atoms with E-state index in [2.05, 4.69) is 10.1 Å². The van der Waals surface area contributed by atoms with Crippen LogP contribution in [-0.4, -0.2) is 45.3 Å². The summed E-state index contributed by atoms with van der Waals surface area (Å²) in [4.78, 5) is 32.3. The predicted molar refractivity (Wildman–Crippen MR) is 85.5 cm³/mol. The van der Waals surface area contributed by atoms with Crippen LogP contribution in [0.3, 0.4) is 0 Å². The number of hydrogen-bond donors (Lipinski definition) is 0. The molecule has 0 saturated carbocycles. The highest BCUT2D eigenvalue weighted by Crippen LogP contribution is 2.22. The maximum Gasteiger partial charge on any atom is 0.228 e. The van der Waals surface area contributed by atoms with Crippen molar-refractivity contribution in [1.29, 1.82) is 0 Å². The molecular formula is C17H20N4O3. The summed E-state index contributed by atoms with van der Waals surface area (Å²) in [5, 5.41) is 3.90. The number of carbonyl (C=O) groups excluding carboxylic acids is 2. The molecule has 1 fully saturated rings. The van der Waals surface area contributed by atoms with E-state index in [-0.39, 0.29) is 24.2 Å². The minimum absolute atomic E-state index is 0.00955. The highest BCUT2D eigenvalue weighted by atomic mass is 16.5. The van der Waals surface area contributed by atoms with Crippen LogP contribution in [0.15, 0.2) is 35.0 Å². The second kappa shape index (κ2) is 6.82. The van der Waals surface area contributed by atoms with Crippen molar-refractivity contribution in [2.75, 3.05) is 13.6 Å². The van der Waals surface area contributed by atoms with Gasteiger partial charge in [0.1, 0.15) is 11.5 Å². The van der Waals surface area contributed by atoms with Gasteiger partial charge in [0.25, 0.3) is 0 Å². The van der Waals surface area contributed by atoms with Gasteiger partial charge in [-0.05, 0) is 19.1 Å². The standard InChI is InChI=1S/C17H20N4O3/c1-12-7-15(19-24-12)10-20(2)17(23)13-8-16(22)21(9-13)11-14-5-3-4-6-18-14/h3-7,13H,8-11H2,1-2H3. The van der Waals surface area contributed by atoms with Crippen molar-refractivity contribution in [2.45, 2.75) is 26.4 Å². The third-order valence-corrected chi connectivity index (χ3v) is 4.09. The first-order chi connectivity index (χ1) is 11.5. The number of likely N-dealkylation sites (tertiary alicyclic amines) is 1. The molecule has 2 amide bonds. The maximum atomic E-state index is 12.6. The average Bonchev–Trinajstić information content (AvgIpc) is 3.14. The Kier molecular flexibility index (Phi) is 4.59. The largest absolute Gasteiger partial charge is 0.361 e. The van der Waals surface area contributed by atoms with Gasteiger partial charge in [0.2, 0.25) is 11.8 Å². The summed E-state index contributed by atoms with van der Waals surface area (Å²) in [5.74, 6) is 0.333. The topological polar surface area (TPSA) is 79.5 Å². The maximum absolute atomic E-state index is 12.6. The molecule has 2 aromatic heterocycles. The van der Waals surface area contributed by atoms with Gasteiger partial charge in [-0.2, -0.15) is 0 Å². The minimum Gasteiger partial charge on any atom is -0.361 e. The molecule has 7 nitrogen and oxygen atoms in total. The zero-order valence-corrected chi connectivity index (χ0v) is 13.8. The fourth-order valence-electron chi connectivity index (χ4n) is 2.90. The first kappa shape index (κ1) is 16.2. The summed E-state index contributed by atoms with van der Waals surface area (Å²) in [6, 6.07) is 7.40. The molecule has 0 aromatic carbocycles. The Morgan fingerprint density at radius 2 is 2.25 bits per heavy atom. The van der Waals surface area contributed by atoms with E-state index in [9.17, 15) is 9.59 Å². The average molecular weight is 328 g/mol. The molecule has 1 saturated heterocycles. The van der Waals surface area contributed by atoms with Crippen LogP contribution >= 0.6 is 0 Å². The first-order valence-electron chi connectivity index (χ1n) is 7.88. The van der Waals surface area contributed by atoms with E-state index in [0.29, 0.717) is 31.1 Å². The van der Waals surface area contributed by atoms with Crippen molar-refractivity contribution in [3.63, 3.8) is 0 Å². The molecule has 126 valence electrons. The quantitative estimate of drug-likeness (QED) is 0.828. The van der Waals surface area contributed by atoms with E-state index >= 15 is 0 Å². The van der Waals surface area contributed by atoms with Crippen LogP contribution in [0, 0.1) is 12.8 Å². The van der Waals surface area contributed by atoms with E-state index in [1.807, 2.05) is 25.1 Å². The molecule has 1 unspecified atom stereocenters. The fraction of sp³-hybridized carbons (Fsp3) is 0.412. The van der Waals surface area contributed by atoms with Gasteiger partial charge in [0.15, 0.2) is 0 Å². The monoisotopic (exact) mass is 328 g/mol. The fourth-order valence-corrected chi connectivity index (χ4v) is 2.90. The van der Waals surface area contributed by atoms with Gasteiger partial charge in [0, 0.05) is 32.3 Å². The number of hydrogen-bond acceptors (Lipinski definition) is 5. The first-order valence-corrected chi connectivity index (χ1v) is 7.88. The van der Waals surface area contributed by atoms with Crippen LogP contribution in [0.4, 0.5) is 0 Å². The Hall–Kier alpha value is -2.70. The highest BCUT2D eigenvalue weighted by Gasteiger charge is 2.35. The molecule has 3 rings (SSSR count). The zero-order chi connectivity index (χ0) is 17.1. The molecule has 0 spiro atoms. The molecule has 0 radical (unpaired) electrons. The van der Waals surface area contributed by atoms with Gasteiger partial charge >= 0.3 is 0 Å². The molecule has 1 aliphatic heterocycles. The number of rotatable bonds is 5. The van der Waals surface area contributed by atoms with Crippen LogP contribution in [0.25, 0.3) is 0 Å². The lowest BCUT2D eigenvalue weighted by Gasteiger charge is -2.20. The van der Waals surface area contributed by atoms with Crippen molar-refractivity contribution in [3.05, 3.63) is 47.6 Å². The van der Waals surface area contributed by atoms with Crippen molar-refractivity contribution in [3.8, 4) is 0 Å². The Labute approximate surface area is 140 Å². The predicted octanol–water partition coefficient (Wildman–Crippen LogP) is 1.39. The van der Waals surface area contributed by atoms with Crippen molar-refractivity contribution in [2.24, 2.45) is 5.92 Å². The van der Waals surface area contributed by atoms with Crippen molar-refractivity contribution >= 4 is 11.8 Å². The molecule has 0 bridgehead atoms. The lowest BCUT2D eigenvalue weighted by molar-refractivity contribution is -0.135. The number of pyridine rings is 1. The van der Waals surface area contributed by atoms with E-state index in [1.54, 1.807) is 29.1 Å². The highest BCUT2D eigenvalue weighted by molar-refractivity contribution is 5.89. The number of amides is 2. The summed E-state index contributed by atoms with van der Waals surface area (Å²) in [6.45, 7) is 3.05. The van der Waals surface area contributed by atoms with Crippen LogP contribution in [0.2, 0.25) is 0 Å². The van der Waals surface area contributed by atoms with Gasteiger partial charge in [-0.3, -0.25) is 14.6 Å². The number of aryl methyl sites for hydroxylation is 1.